The third-order valence-electron chi connectivity index (χ3n) is 4.52. The number of hydrogen-bond acceptors (Lipinski definition) is 4. The molecule has 1 saturated heterocycles. The van der Waals surface area contributed by atoms with Gasteiger partial charge in [-0.2, -0.15) is 0 Å². The molecule has 3 amide bonds. The summed E-state index contributed by atoms with van der Waals surface area (Å²) in [7, 11) is 1.69. The van der Waals surface area contributed by atoms with Crippen LogP contribution in [-0.2, 0) is 11.3 Å². The smallest absolute Gasteiger partial charge is 0.317 e. The first-order valence-corrected chi connectivity index (χ1v) is 8.57. The van der Waals surface area contributed by atoms with Crippen LogP contribution in [0.3, 0.4) is 0 Å². The number of aromatic nitrogens is 2. The van der Waals surface area contributed by atoms with E-state index in [1.54, 1.807) is 13.1 Å². The van der Waals surface area contributed by atoms with E-state index in [4.69, 9.17) is 5.73 Å². The maximum absolute atomic E-state index is 13.2. The van der Waals surface area contributed by atoms with Gasteiger partial charge in [0.25, 0.3) is 0 Å². The summed E-state index contributed by atoms with van der Waals surface area (Å²) in [4.78, 5) is 34.2. The number of benzene rings is 1. The van der Waals surface area contributed by atoms with Crippen molar-refractivity contribution in [3.8, 4) is 0 Å². The predicted molar refractivity (Wildman–Crippen MR) is 94.7 cm³/mol. The Bertz CT molecular complexity index is 800. The summed E-state index contributed by atoms with van der Waals surface area (Å²) in [6, 6.07) is 4.22. The molecule has 1 fully saturated rings. The Morgan fingerprint density at radius 1 is 1.42 bits per heavy atom. The van der Waals surface area contributed by atoms with Gasteiger partial charge in [-0.1, -0.05) is 0 Å². The number of H-pyrrole nitrogens is 1. The van der Waals surface area contributed by atoms with Crippen molar-refractivity contribution >= 4 is 23.0 Å². The molecule has 0 spiro atoms. The zero-order valence-electron chi connectivity index (χ0n) is 14.7. The van der Waals surface area contributed by atoms with Crippen molar-refractivity contribution in [3.63, 3.8) is 0 Å². The van der Waals surface area contributed by atoms with Crippen molar-refractivity contribution in [2.75, 3.05) is 26.7 Å². The van der Waals surface area contributed by atoms with Crippen LogP contribution in [0.15, 0.2) is 18.2 Å². The van der Waals surface area contributed by atoms with Gasteiger partial charge in [0.1, 0.15) is 11.6 Å². The Morgan fingerprint density at radius 2 is 2.15 bits per heavy atom. The summed E-state index contributed by atoms with van der Waals surface area (Å²) in [5.74, 6) is -0.0704. The number of rotatable bonds is 5. The Hall–Kier alpha value is -2.68. The van der Waals surface area contributed by atoms with Crippen molar-refractivity contribution in [2.45, 2.75) is 25.4 Å². The Balaban J connectivity index is 1.50. The average molecular weight is 362 g/mol. The lowest BCUT2D eigenvalue weighted by Crippen LogP contribution is -2.49. The molecule has 9 heteroatoms. The van der Waals surface area contributed by atoms with Gasteiger partial charge in [-0.25, -0.2) is 14.2 Å². The van der Waals surface area contributed by atoms with Gasteiger partial charge in [0, 0.05) is 26.2 Å². The van der Waals surface area contributed by atoms with E-state index >= 15 is 0 Å². The van der Waals surface area contributed by atoms with Gasteiger partial charge in [0.15, 0.2) is 0 Å². The van der Waals surface area contributed by atoms with Crippen LogP contribution < -0.4 is 11.1 Å². The van der Waals surface area contributed by atoms with E-state index in [1.165, 1.54) is 17.0 Å². The maximum atomic E-state index is 13.2. The number of carbonyl (C=O) groups excluding carboxylic acids is 2. The monoisotopic (exact) mass is 362 g/mol. The molecule has 0 saturated carbocycles. The Labute approximate surface area is 150 Å². The fraction of sp³-hybridized carbons (Fsp3) is 0.471. The zero-order chi connectivity index (χ0) is 18.7. The normalized spacial score (nSPS) is 15.9. The van der Waals surface area contributed by atoms with Crippen LogP contribution in [0, 0.1) is 5.82 Å². The third kappa shape index (κ3) is 4.48. The number of hydrogen-bond donors (Lipinski definition) is 3. The summed E-state index contributed by atoms with van der Waals surface area (Å²) < 4.78 is 13.2. The minimum absolute atomic E-state index is 0.0684. The zero-order valence-corrected chi connectivity index (χ0v) is 14.7. The maximum Gasteiger partial charge on any atom is 0.317 e. The van der Waals surface area contributed by atoms with E-state index in [0.717, 1.165) is 25.9 Å². The van der Waals surface area contributed by atoms with E-state index in [0.29, 0.717) is 23.4 Å². The minimum Gasteiger partial charge on any atom is -0.369 e. The Morgan fingerprint density at radius 3 is 2.85 bits per heavy atom. The van der Waals surface area contributed by atoms with Crippen molar-refractivity contribution in [1.29, 1.82) is 0 Å². The largest absolute Gasteiger partial charge is 0.369 e. The lowest BCUT2D eigenvalue weighted by atomic mass is 10.1. The molecule has 0 bridgehead atoms. The van der Waals surface area contributed by atoms with Crippen molar-refractivity contribution in [2.24, 2.45) is 5.73 Å². The van der Waals surface area contributed by atoms with Gasteiger partial charge >= 0.3 is 6.03 Å². The summed E-state index contributed by atoms with van der Waals surface area (Å²) in [6.07, 6.45) is 1.55. The number of nitrogens with one attached hydrogen (secondary N) is 2. The summed E-state index contributed by atoms with van der Waals surface area (Å²) in [5.41, 5.74) is 6.47. The first kappa shape index (κ1) is 18.1. The average Bonchev–Trinajstić information content (AvgIpc) is 2.97. The van der Waals surface area contributed by atoms with E-state index in [1.807, 2.05) is 4.90 Å². The molecule has 0 unspecified atom stereocenters. The molecule has 26 heavy (non-hydrogen) atoms. The van der Waals surface area contributed by atoms with Crippen LogP contribution in [-0.4, -0.2) is 64.4 Å². The molecule has 0 aliphatic carbocycles. The lowest BCUT2D eigenvalue weighted by molar-refractivity contribution is -0.119. The van der Waals surface area contributed by atoms with Gasteiger partial charge in [-0.15, -0.1) is 0 Å². The van der Waals surface area contributed by atoms with Gasteiger partial charge in [0.05, 0.1) is 24.1 Å². The number of primary amides is 1. The molecule has 3 rings (SSSR count). The molecular weight excluding hydrogens is 339 g/mol. The van der Waals surface area contributed by atoms with Crippen molar-refractivity contribution < 1.29 is 14.0 Å². The Kier molecular flexibility index (Phi) is 5.36. The molecule has 1 aliphatic rings. The predicted octanol–water partition coefficient (Wildman–Crippen LogP) is 0.793. The number of nitrogens with two attached hydrogens (primary N) is 1. The third-order valence-corrected chi connectivity index (χ3v) is 4.52. The molecule has 4 N–H and O–H groups in total. The minimum atomic E-state index is -0.335. The van der Waals surface area contributed by atoms with E-state index in [-0.39, 0.29) is 30.3 Å². The number of piperidine rings is 1. The number of urea groups is 1. The fourth-order valence-electron chi connectivity index (χ4n) is 3.15. The first-order chi connectivity index (χ1) is 12.4. The van der Waals surface area contributed by atoms with Crippen LogP contribution in [0.5, 0.6) is 0 Å². The number of amides is 3. The van der Waals surface area contributed by atoms with Crippen LogP contribution >= 0.6 is 0 Å². The molecule has 8 nitrogen and oxygen atoms in total. The second-order valence-electron chi connectivity index (χ2n) is 6.67. The molecule has 2 heterocycles. The molecule has 1 aromatic carbocycles. The second-order valence-corrected chi connectivity index (χ2v) is 6.67. The molecule has 1 aromatic heterocycles. The van der Waals surface area contributed by atoms with E-state index in [2.05, 4.69) is 15.3 Å². The summed E-state index contributed by atoms with van der Waals surface area (Å²) in [6.45, 7) is 2.01. The number of fused-ring (bicyclic) bond motifs is 1. The van der Waals surface area contributed by atoms with Crippen LogP contribution in [0.4, 0.5) is 9.18 Å². The molecule has 0 radical (unpaired) electrons. The molecule has 0 atom stereocenters. The highest BCUT2D eigenvalue weighted by Gasteiger charge is 2.23. The van der Waals surface area contributed by atoms with E-state index in [9.17, 15) is 14.0 Å². The lowest BCUT2D eigenvalue weighted by Gasteiger charge is -2.32. The molecule has 140 valence electrons. The number of nitrogens with zero attached hydrogens (tertiary/aromatic N) is 3. The number of carbonyl (C=O) groups is 2. The van der Waals surface area contributed by atoms with E-state index < -0.39 is 0 Å². The standard InChI is InChI=1S/C17H23FN6O2/c1-23(10-16-21-13-3-2-11(18)8-14(13)22-16)17(26)20-12-4-6-24(7-5-12)9-15(19)25/h2-3,8,12H,4-7,9-10H2,1H3,(H2,19,25)(H,20,26)(H,21,22). The van der Waals surface area contributed by atoms with Gasteiger partial charge < -0.3 is 20.9 Å². The molecule has 2 aromatic rings. The molecule has 1 aliphatic heterocycles. The quantitative estimate of drug-likeness (QED) is 0.731. The highest BCUT2D eigenvalue weighted by Crippen LogP contribution is 2.14. The van der Waals surface area contributed by atoms with Crippen molar-refractivity contribution in [3.05, 3.63) is 29.8 Å². The van der Waals surface area contributed by atoms with Crippen LogP contribution in [0.25, 0.3) is 11.0 Å². The summed E-state index contributed by atoms with van der Waals surface area (Å²) in [5, 5.41) is 3.00. The topological polar surface area (TPSA) is 107 Å². The number of halogens is 1. The highest BCUT2D eigenvalue weighted by molar-refractivity contribution is 5.76. The number of aromatic amines is 1. The summed E-state index contributed by atoms with van der Waals surface area (Å²) >= 11 is 0. The number of imidazole rings is 1. The first-order valence-electron chi connectivity index (χ1n) is 8.57. The van der Waals surface area contributed by atoms with Gasteiger partial charge in [0.2, 0.25) is 5.91 Å². The van der Waals surface area contributed by atoms with Crippen LogP contribution in [0.1, 0.15) is 18.7 Å². The SMILES string of the molecule is CN(Cc1nc2ccc(F)cc2[nH]1)C(=O)NC1CCN(CC(N)=O)CC1. The highest BCUT2D eigenvalue weighted by atomic mass is 19.1. The molecular formula is C17H23FN6O2. The number of likely N-dealkylation sites (tertiary alicyclic amines) is 1. The fourth-order valence-corrected chi connectivity index (χ4v) is 3.15. The second kappa shape index (κ2) is 7.69. The van der Waals surface area contributed by atoms with Crippen molar-refractivity contribution in [1.82, 2.24) is 25.1 Å². The van der Waals surface area contributed by atoms with Gasteiger partial charge in [-0.05, 0) is 31.0 Å². The van der Waals surface area contributed by atoms with Crippen LogP contribution in [0.2, 0.25) is 0 Å². The van der Waals surface area contributed by atoms with Gasteiger partial charge in [-0.3, -0.25) is 9.69 Å².